The Morgan fingerprint density at radius 1 is 1.09 bits per heavy atom. The Morgan fingerprint density at radius 3 is 2.33 bits per heavy atom. The molecule has 0 atom stereocenters. The van der Waals surface area contributed by atoms with Crippen LogP contribution in [0, 0.1) is 0 Å². The van der Waals surface area contributed by atoms with Gasteiger partial charge in [0.15, 0.2) is 0 Å². The number of nitrogens with one attached hydrogen (secondary N) is 3. The fourth-order valence-corrected chi connectivity index (χ4v) is 4.51. The van der Waals surface area contributed by atoms with Gasteiger partial charge in [-0.05, 0) is 65.7 Å². The molecule has 0 saturated carbocycles. The Kier molecular flexibility index (Phi) is 11.7. The molecule has 0 aliphatic rings. The van der Waals surface area contributed by atoms with Crippen molar-refractivity contribution in [3.63, 3.8) is 0 Å². The highest BCUT2D eigenvalue weighted by molar-refractivity contribution is 7.89. The van der Waals surface area contributed by atoms with Crippen molar-refractivity contribution in [2.24, 2.45) is 0 Å². The van der Waals surface area contributed by atoms with Crippen LogP contribution in [-0.2, 0) is 14.8 Å². The maximum atomic E-state index is 12.5. The molecule has 0 unspecified atom stereocenters. The highest BCUT2D eigenvalue weighted by atomic mass is 35.5. The molecule has 0 saturated heterocycles. The molecule has 33 heavy (non-hydrogen) atoms. The predicted octanol–water partition coefficient (Wildman–Crippen LogP) is 4.00. The second-order valence-corrected chi connectivity index (χ2v) is 11.3. The summed E-state index contributed by atoms with van der Waals surface area (Å²) in [5, 5.41) is 5.85. The highest BCUT2D eigenvalue weighted by Gasteiger charge is 2.19. The van der Waals surface area contributed by atoms with Crippen molar-refractivity contribution >= 4 is 45.3 Å². The molecule has 0 heterocycles. The molecule has 1 aromatic rings. The number of nitrogens with zero attached hydrogens (tertiary/aromatic N) is 1. The average molecular weight is 525 g/mol. The molecule has 0 aliphatic carbocycles. The van der Waals surface area contributed by atoms with E-state index in [2.05, 4.69) is 15.4 Å². The van der Waals surface area contributed by atoms with Crippen molar-refractivity contribution < 1.29 is 22.7 Å². The molecule has 12 heteroatoms. The summed E-state index contributed by atoms with van der Waals surface area (Å²) in [5.41, 5.74) is -0.609. The monoisotopic (exact) mass is 524 g/mol. The minimum atomic E-state index is -3.77. The summed E-state index contributed by atoms with van der Waals surface area (Å²) in [6.07, 6.45) is 0.492. The van der Waals surface area contributed by atoms with E-state index < -0.39 is 21.7 Å². The fraction of sp³-hybridized carbons (Fsp3) is 0.619. The average Bonchev–Trinajstić information content (AvgIpc) is 2.63. The smallest absolute Gasteiger partial charge is 0.407 e. The van der Waals surface area contributed by atoms with E-state index in [0.29, 0.717) is 24.4 Å². The Bertz CT molecular complexity index is 904. The molecule has 0 bridgehead atoms. The van der Waals surface area contributed by atoms with Crippen LogP contribution < -0.4 is 15.4 Å². The second-order valence-electron chi connectivity index (χ2n) is 8.70. The van der Waals surface area contributed by atoms with Gasteiger partial charge in [-0.2, -0.15) is 0 Å². The lowest BCUT2D eigenvalue weighted by Gasteiger charge is -2.25. The van der Waals surface area contributed by atoms with Crippen LogP contribution >= 0.6 is 23.2 Å². The van der Waals surface area contributed by atoms with Gasteiger partial charge in [0.2, 0.25) is 10.0 Å². The number of amides is 3. The third kappa shape index (κ3) is 11.8. The van der Waals surface area contributed by atoms with Gasteiger partial charge in [-0.15, -0.1) is 0 Å². The SMILES string of the molecule is CC(C)NC(=O)N(CCCCNS(=O)(=O)c1ccc(Cl)cc1Cl)CCNC(=O)OC(C)(C)C. The van der Waals surface area contributed by atoms with Gasteiger partial charge < -0.3 is 20.3 Å². The molecular formula is C21H34Cl2N4O5S. The fourth-order valence-electron chi connectivity index (χ4n) is 2.67. The molecular weight excluding hydrogens is 491 g/mol. The zero-order valence-electron chi connectivity index (χ0n) is 19.7. The number of hydrogen-bond acceptors (Lipinski definition) is 5. The second kappa shape index (κ2) is 13.2. The van der Waals surface area contributed by atoms with Gasteiger partial charge >= 0.3 is 12.1 Å². The number of unbranched alkanes of at least 4 members (excludes halogenated alkanes) is 1. The van der Waals surface area contributed by atoms with Crippen LogP contribution in [0.15, 0.2) is 23.1 Å². The van der Waals surface area contributed by atoms with Gasteiger partial charge in [-0.3, -0.25) is 0 Å². The van der Waals surface area contributed by atoms with E-state index in [1.807, 2.05) is 13.8 Å². The third-order valence-electron chi connectivity index (χ3n) is 4.08. The molecule has 0 aliphatic heterocycles. The third-order valence-corrected chi connectivity index (χ3v) is 6.26. The maximum absolute atomic E-state index is 12.5. The molecule has 9 nitrogen and oxygen atoms in total. The Balaban J connectivity index is 2.54. The molecule has 0 aromatic heterocycles. The first-order valence-electron chi connectivity index (χ1n) is 10.7. The van der Waals surface area contributed by atoms with Gasteiger partial charge in [0.1, 0.15) is 10.5 Å². The normalized spacial score (nSPS) is 11.9. The summed E-state index contributed by atoms with van der Waals surface area (Å²) >= 11 is 11.8. The van der Waals surface area contributed by atoms with Crippen LogP contribution in [0.3, 0.4) is 0 Å². The van der Waals surface area contributed by atoms with Crippen LogP contribution in [0.1, 0.15) is 47.5 Å². The molecule has 3 amide bonds. The van der Waals surface area contributed by atoms with E-state index in [0.717, 1.165) is 0 Å². The molecule has 1 aromatic carbocycles. The van der Waals surface area contributed by atoms with Crippen molar-refractivity contribution in [1.29, 1.82) is 0 Å². The van der Waals surface area contributed by atoms with E-state index in [4.69, 9.17) is 27.9 Å². The minimum Gasteiger partial charge on any atom is -0.444 e. The standard InChI is InChI=1S/C21H34Cl2N4O5S/c1-15(2)26-19(28)27(13-11-24-20(29)32-21(3,4)5)12-7-6-10-25-33(30,31)18-9-8-16(22)14-17(18)23/h8-9,14-15,25H,6-7,10-13H2,1-5H3,(H,24,29)(H,26,28). The van der Waals surface area contributed by atoms with Crippen LogP contribution in [0.25, 0.3) is 0 Å². The lowest BCUT2D eigenvalue weighted by molar-refractivity contribution is 0.0523. The van der Waals surface area contributed by atoms with Gasteiger partial charge in [-0.25, -0.2) is 22.7 Å². The summed E-state index contributed by atoms with van der Waals surface area (Å²) in [6.45, 7) is 10.1. The van der Waals surface area contributed by atoms with Gasteiger partial charge in [0.25, 0.3) is 0 Å². The number of carbonyl (C=O) groups excluding carboxylic acids is 2. The van der Waals surface area contributed by atoms with Crippen molar-refractivity contribution in [2.45, 2.75) is 64.0 Å². The summed E-state index contributed by atoms with van der Waals surface area (Å²) in [6, 6.07) is 3.87. The van der Waals surface area contributed by atoms with Crippen LogP contribution in [0.5, 0.6) is 0 Å². The number of halogens is 2. The summed E-state index contributed by atoms with van der Waals surface area (Å²) in [7, 11) is -3.77. The number of carbonyl (C=O) groups is 2. The first-order chi connectivity index (χ1) is 15.2. The minimum absolute atomic E-state index is 0.0419. The number of rotatable bonds is 11. The first kappa shape index (κ1) is 29.3. The van der Waals surface area contributed by atoms with Gasteiger partial charge in [0.05, 0.1) is 5.02 Å². The number of ether oxygens (including phenoxy) is 1. The quantitative estimate of drug-likeness (QED) is 0.378. The summed E-state index contributed by atoms with van der Waals surface area (Å²) in [4.78, 5) is 25.8. The van der Waals surface area contributed by atoms with Gasteiger partial charge in [0, 0.05) is 37.2 Å². The Morgan fingerprint density at radius 2 is 1.76 bits per heavy atom. The van der Waals surface area contributed by atoms with E-state index in [-0.39, 0.29) is 41.6 Å². The summed E-state index contributed by atoms with van der Waals surface area (Å²) in [5.74, 6) is 0. The first-order valence-corrected chi connectivity index (χ1v) is 12.9. The van der Waals surface area contributed by atoms with Crippen LogP contribution in [0.4, 0.5) is 9.59 Å². The van der Waals surface area contributed by atoms with E-state index >= 15 is 0 Å². The zero-order chi connectivity index (χ0) is 25.2. The number of sulfonamides is 1. The lowest BCUT2D eigenvalue weighted by atomic mass is 10.2. The lowest BCUT2D eigenvalue weighted by Crippen LogP contribution is -2.46. The predicted molar refractivity (Wildman–Crippen MR) is 130 cm³/mol. The maximum Gasteiger partial charge on any atom is 0.407 e. The number of urea groups is 1. The van der Waals surface area contributed by atoms with Gasteiger partial charge in [-0.1, -0.05) is 23.2 Å². The highest BCUT2D eigenvalue weighted by Crippen LogP contribution is 2.24. The number of alkyl carbamates (subject to hydrolysis) is 1. The van der Waals surface area contributed by atoms with Crippen molar-refractivity contribution in [3.05, 3.63) is 28.2 Å². The van der Waals surface area contributed by atoms with E-state index in [1.165, 1.54) is 18.2 Å². The van der Waals surface area contributed by atoms with Crippen molar-refractivity contribution in [2.75, 3.05) is 26.2 Å². The molecule has 3 N–H and O–H groups in total. The number of hydrogen-bond donors (Lipinski definition) is 3. The molecule has 1 rings (SSSR count). The molecule has 0 fully saturated rings. The van der Waals surface area contributed by atoms with Crippen molar-refractivity contribution in [3.8, 4) is 0 Å². The number of benzene rings is 1. The zero-order valence-corrected chi connectivity index (χ0v) is 22.0. The molecule has 0 spiro atoms. The van der Waals surface area contributed by atoms with E-state index in [1.54, 1.807) is 25.7 Å². The molecule has 188 valence electrons. The van der Waals surface area contributed by atoms with E-state index in [9.17, 15) is 18.0 Å². The molecule has 0 radical (unpaired) electrons. The van der Waals surface area contributed by atoms with Crippen LogP contribution in [-0.4, -0.2) is 63.3 Å². The largest absolute Gasteiger partial charge is 0.444 e. The topological polar surface area (TPSA) is 117 Å². The summed E-state index contributed by atoms with van der Waals surface area (Å²) < 4.78 is 32.6. The Labute approximate surface area is 206 Å². The Hall–Kier alpha value is -1.75. The van der Waals surface area contributed by atoms with Crippen molar-refractivity contribution in [1.82, 2.24) is 20.3 Å². The van der Waals surface area contributed by atoms with Crippen LogP contribution in [0.2, 0.25) is 10.0 Å².